The Morgan fingerprint density at radius 1 is 1.06 bits per heavy atom. The number of carbonyl (C=O) groups excluding carboxylic acids is 2. The van der Waals surface area contributed by atoms with Crippen LogP contribution in [-0.2, 0) is 17.1 Å². The van der Waals surface area contributed by atoms with E-state index in [9.17, 15) is 14.7 Å². The maximum Gasteiger partial charge on any atom is 0.329 e. The number of nitrogens with zero attached hydrogens (tertiary/aromatic N) is 2. The second kappa shape index (κ2) is 10.7. The summed E-state index contributed by atoms with van der Waals surface area (Å²) in [5, 5.41) is 17.5. The summed E-state index contributed by atoms with van der Waals surface area (Å²) >= 11 is 0. The topological polar surface area (TPSA) is 103 Å². The Hall–Kier alpha value is -4.08. The Morgan fingerprint density at radius 3 is 2.50 bits per heavy atom. The largest absolute Gasteiger partial charge is 0.497 e. The van der Waals surface area contributed by atoms with E-state index in [4.69, 9.17) is 9.47 Å². The van der Waals surface area contributed by atoms with E-state index >= 15 is 0 Å². The number of hydrogen-bond donors (Lipinski definition) is 3. The number of likely N-dealkylation sites (N-methyl/N-ethyl adjacent to an activating group) is 1. The van der Waals surface area contributed by atoms with Crippen LogP contribution in [0.4, 0.5) is 16.2 Å². The number of carbonyl (C=O) groups is 2. The number of nitrogens with one attached hydrogen (secondary N) is 2. The minimum atomic E-state index is -2.32. The summed E-state index contributed by atoms with van der Waals surface area (Å²) in [7, 11) is 4.90. The molecule has 0 unspecified atom stereocenters. The number of hydrogen-bond acceptors (Lipinski definition) is 6. The van der Waals surface area contributed by atoms with Crippen molar-refractivity contribution in [2.75, 3.05) is 44.6 Å². The molecule has 0 saturated heterocycles. The summed E-state index contributed by atoms with van der Waals surface area (Å²) < 4.78 is 10.7. The quantitative estimate of drug-likeness (QED) is 0.426. The number of rotatable bonds is 9. The van der Waals surface area contributed by atoms with E-state index < -0.39 is 17.7 Å². The first-order chi connectivity index (χ1) is 17.4. The van der Waals surface area contributed by atoms with Gasteiger partial charge in [0, 0.05) is 31.3 Å². The standard InChI is InChI=1S/C27H30N4O5/c1-30(18-19-9-5-4-6-10-19)16-15-28-25(32)27(34)21-11-7-8-12-22(21)29-26(33)31(27)23-14-13-20(35-2)17-24(23)36-3/h4-14,17,34H,15-16,18H2,1-3H3,(H,28,32)(H,29,33)/t27-/m1/s1. The van der Waals surface area contributed by atoms with Crippen LogP contribution in [0.25, 0.3) is 0 Å². The molecule has 1 heterocycles. The molecular weight excluding hydrogens is 460 g/mol. The number of amides is 3. The van der Waals surface area contributed by atoms with Gasteiger partial charge in [0.25, 0.3) is 11.6 Å². The fraction of sp³-hybridized carbons (Fsp3) is 0.259. The van der Waals surface area contributed by atoms with Gasteiger partial charge < -0.3 is 30.1 Å². The molecule has 3 N–H and O–H groups in total. The molecule has 0 fully saturated rings. The highest BCUT2D eigenvalue weighted by Gasteiger charge is 2.52. The molecule has 0 aliphatic carbocycles. The molecule has 36 heavy (non-hydrogen) atoms. The van der Waals surface area contributed by atoms with Crippen LogP contribution in [-0.4, -0.2) is 56.3 Å². The second-order valence-electron chi connectivity index (χ2n) is 8.50. The lowest BCUT2D eigenvalue weighted by atomic mass is 9.94. The van der Waals surface area contributed by atoms with Gasteiger partial charge in [-0.2, -0.15) is 0 Å². The molecule has 0 aromatic heterocycles. The summed E-state index contributed by atoms with van der Waals surface area (Å²) in [5.74, 6) is 0.0383. The number of ether oxygens (including phenoxy) is 2. The number of aliphatic hydroxyl groups is 1. The lowest BCUT2D eigenvalue weighted by Gasteiger charge is -2.43. The highest BCUT2D eigenvalue weighted by Crippen LogP contribution is 2.43. The van der Waals surface area contributed by atoms with Gasteiger partial charge in [0.05, 0.1) is 25.6 Å². The maximum absolute atomic E-state index is 13.6. The molecule has 0 bridgehead atoms. The van der Waals surface area contributed by atoms with E-state index in [1.807, 2.05) is 37.4 Å². The molecule has 3 aromatic rings. The normalized spacial score (nSPS) is 16.8. The summed E-state index contributed by atoms with van der Waals surface area (Å²) in [4.78, 5) is 29.9. The Bertz CT molecular complexity index is 1240. The van der Waals surface area contributed by atoms with Gasteiger partial charge in [-0.1, -0.05) is 48.5 Å². The monoisotopic (exact) mass is 490 g/mol. The molecule has 0 spiro atoms. The predicted molar refractivity (Wildman–Crippen MR) is 137 cm³/mol. The van der Waals surface area contributed by atoms with Crippen LogP contribution in [0.15, 0.2) is 72.8 Å². The molecule has 0 saturated carbocycles. The molecule has 1 aliphatic heterocycles. The Kier molecular flexibility index (Phi) is 7.42. The molecule has 1 atom stereocenters. The zero-order valence-corrected chi connectivity index (χ0v) is 20.5. The highest BCUT2D eigenvalue weighted by atomic mass is 16.5. The molecule has 9 heteroatoms. The van der Waals surface area contributed by atoms with Crippen molar-refractivity contribution in [2.24, 2.45) is 0 Å². The van der Waals surface area contributed by atoms with E-state index in [0.717, 1.165) is 10.5 Å². The number of para-hydroxylation sites is 1. The lowest BCUT2D eigenvalue weighted by Crippen LogP contribution is -2.63. The van der Waals surface area contributed by atoms with E-state index in [1.54, 1.807) is 42.5 Å². The molecule has 4 rings (SSSR count). The van der Waals surface area contributed by atoms with Crippen molar-refractivity contribution >= 4 is 23.3 Å². The van der Waals surface area contributed by atoms with Crippen LogP contribution in [0.3, 0.4) is 0 Å². The van der Waals surface area contributed by atoms with Gasteiger partial charge in [-0.25, -0.2) is 9.69 Å². The fourth-order valence-corrected chi connectivity index (χ4v) is 4.27. The van der Waals surface area contributed by atoms with Crippen LogP contribution in [0.2, 0.25) is 0 Å². The van der Waals surface area contributed by atoms with Crippen LogP contribution < -0.4 is 25.0 Å². The zero-order valence-electron chi connectivity index (χ0n) is 20.5. The molecular formula is C27H30N4O5. The summed E-state index contributed by atoms with van der Waals surface area (Å²) in [5.41, 5.74) is -0.355. The lowest BCUT2D eigenvalue weighted by molar-refractivity contribution is -0.140. The first kappa shape index (κ1) is 25.0. The summed E-state index contributed by atoms with van der Waals surface area (Å²) in [6, 6.07) is 20.8. The maximum atomic E-state index is 13.6. The van der Waals surface area contributed by atoms with E-state index in [2.05, 4.69) is 15.5 Å². The minimum Gasteiger partial charge on any atom is -0.497 e. The first-order valence-corrected chi connectivity index (χ1v) is 11.5. The molecule has 1 aliphatic rings. The number of methoxy groups -OCH3 is 2. The Labute approximate surface area is 210 Å². The van der Waals surface area contributed by atoms with E-state index in [1.165, 1.54) is 14.2 Å². The fourth-order valence-electron chi connectivity index (χ4n) is 4.27. The number of urea groups is 1. The van der Waals surface area contributed by atoms with Gasteiger partial charge >= 0.3 is 6.03 Å². The average molecular weight is 491 g/mol. The third-order valence-electron chi connectivity index (χ3n) is 6.09. The molecule has 0 radical (unpaired) electrons. The van der Waals surface area contributed by atoms with Crippen molar-refractivity contribution in [1.82, 2.24) is 10.2 Å². The number of benzene rings is 3. The van der Waals surface area contributed by atoms with E-state index in [-0.39, 0.29) is 23.5 Å². The zero-order chi connectivity index (χ0) is 25.7. The van der Waals surface area contributed by atoms with Gasteiger partial charge in [0.1, 0.15) is 11.5 Å². The molecule has 188 valence electrons. The average Bonchev–Trinajstić information content (AvgIpc) is 2.89. The molecule has 3 aromatic carbocycles. The first-order valence-electron chi connectivity index (χ1n) is 11.5. The summed E-state index contributed by atoms with van der Waals surface area (Å²) in [6.07, 6.45) is 0. The van der Waals surface area contributed by atoms with E-state index in [0.29, 0.717) is 24.5 Å². The van der Waals surface area contributed by atoms with Crippen LogP contribution >= 0.6 is 0 Å². The SMILES string of the molecule is COc1ccc(N2C(=O)Nc3ccccc3[C@@]2(O)C(=O)NCCN(C)Cc2ccccc2)c(OC)c1. The summed E-state index contributed by atoms with van der Waals surface area (Å²) in [6.45, 7) is 1.51. The third-order valence-corrected chi connectivity index (χ3v) is 6.09. The third kappa shape index (κ3) is 4.84. The van der Waals surface area contributed by atoms with Crippen molar-refractivity contribution in [2.45, 2.75) is 12.3 Å². The minimum absolute atomic E-state index is 0.212. The van der Waals surface area contributed by atoms with Crippen molar-refractivity contribution in [3.05, 3.63) is 83.9 Å². The van der Waals surface area contributed by atoms with Crippen molar-refractivity contribution < 1.29 is 24.2 Å². The van der Waals surface area contributed by atoms with Crippen LogP contribution in [0.5, 0.6) is 11.5 Å². The molecule has 9 nitrogen and oxygen atoms in total. The number of fused-ring (bicyclic) bond motifs is 1. The predicted octanol–water partition coefficient (Wildman–Crippen LogP) is 3.15. The van der Waals surface area contributed by atoms with Gasteiger partial charge in [-0.15, -0.1) is 0 Å². The smallest absolute Gasteiger partial charge is 0.329 e. The second-order valence-corrected chi connectivity index (χ2v) is 8.50. The van der Waals surface area contributed by atoms with Crippen molar-refractivity contribution in [3.63, 3.8) is 0 Å². The highest BCUT2D eigenvalue weighted by molar-refractivity contribution is 6.12. The van der Waals surface area contributed by atoms with Crippen molar-refractivity contribution in [3.8, 4) is 11.5 Å². The van der Waals surface area contributed by atoms with Gasteiger partial charge in [-0.3, -0.25) is 4.79 Å². The van der Waals surface area contributed by atoms with Gasteiger partial charge in [0.2, 0.25) is 0 Å². The molecule has 3 amide bonds. The number of anilines is 2. The van der Waals surface area contributed by atoms with Crippen LogP contribution in [0, 0.1) is 0 Å². The van der Waals surface area contributed by atoms with Gasteiger partial charge in [0.15, 0.2) is 0 Å². The Morgan fingerprint density at radius 2 is 1.78 bits per heavy atom. The van der Waals surface area contributed by atoms with Crippen LogP contribution in [0.1, 0.15) is 11.1 Å². The Balaban J connectivity index is 1.62. The van der Waals surface area contributed by atoms with Crippen molar-refractivity contribution in [1.29, 1.82) is 0 Å². The van der Waals surface area contributed by atoms with Gasteiger partial charge in [-0.05, 0) is 30.8 Å².